The van der Waals surface area contributed by atoms with Gasteiger partial charge in [0.2, 0.25) is 0 Å². The van der Waals surface area contributed by atoms with Gasteiger partial charge >= 0.3 is 0 Å². The van der Waals surface area contributed by atoms with E-state index in [1.165, 1.54) is 58.0 Å². The summed E-state index contributed by atoms with van der Waals surface area (Å²) in [6.45, 7) is 8.28. The van der Waals surface area contributed by atoms with Gasteiger partial charge in [0.15, 0.2) is 0 Å². The summed E-state index contributed by atoms with van der Waals surface area (Å²) < 4.78 is 0. The van der Waals surface area contributed by atoms with Gasteiger partial charge in [0.1, 0.15) is 0 Å². The molecule has 0 aromatic heterocycles. The molecule has 3 atom stereocenters. The number of nitrogens with zero attached hydrogens (tertiary/aromatic N) is 1. The first-order valence-electron chi connectivity index (χ1n) is 8.14. The van der Waals surface area contributed by atoms with Gasteiger partial charge in [-0.05, 0) is 62.9 Å². The van der Waals surface area contributed by atoms with E-state index < -0.39 is 0 Å². The van der Waals surface area contributed by atoms with Crippen molar-refractivity contribution in [2.75, 3.05) is 19.6 Å². The number of hydrogen-bond donors (Lipinski definition) is 1. The first-order valence-corrected chi connectivity index (χ1v) is 8.14. The summed E-state index contributed by atoms with van der Waals surface area (Å²) in [5.74, 6) is 2.62. The molecule has 2 N–H and O–H groups in total. The van der Waals surface area contributed by atoms with E-state index in [-0.39, 0.29) is 0 Å². The quantitative estimate of drug-likeness (QED) is 0.781. The Bertz CT molecular complexity index is 239. The van der Waals surface area contributed by atoms with E-state index in [0.29, 0.717) is 0 Å². The summed E-state index contributed by atoms with van der Waals surface area (Å²) in [7, 11) is 0. The molecule has 0 bridgehead atoms. The topological polar surface area (TPSA) is 29.3 Å². The van der Waals surface area contributed by atoms with E-state index >= 15 is 0 Å². The lowest BCUT2D eigenvalue weighted by molar-refractivity contribution is 0.114. The van der Waals surface area contributed by atoms with Gasteiger partial charge in [-0.1, -0.05) is 26.7 Å². The third kappa shape index (κ3) is 3.71. The highest BCUT2D eigenvalue weighted by atomic mass is 15.2. The summed E-state index contributed by atoms with van der Waals surface area (Å²) in [5.41, 5.74) is 5.86. The zero-order valence-electron chi connectivity index (χ0n) is 12.4. The molecule has 0 amide bonds. The van der Waals surface area contributed by atoms with Gasteiger partial charge in [-0.3, -0.25) is 0 Å². The van der Waals surface area contributed by atoms with Crippen LogP contribution in [-0.4, -0.2) is 30.6 Å². The smallest absolute Gasteiger partial charge is 0.00954 e. The van der Waals surface area contributed by atoms with E-state index in [2.05, 4.69) is 18.7 Å². The van der Waals surface area contributed by atoms with Crippen molar-refractivity contribution >= 4 is 0 Å². The average molecular weight is 252 g/mol. The molecule has 2 heteroatoms. The Kier molecular flexibility index (Phi) is 5.50. The highest BCUT2D eigenvalue weighted by Gasteiger charge is 2.28. The monoisotopic (exact) mass is 252 g/mol. The molecule has 2 aliphatic rings. The zero-order chi connectivity index (χ0) is 13.0. The molecule has 1 heterocycles. The maximum Gasteiger partial charge on any atom is 0.00954 e. The van der Waals surface area contributed by atoms with Crippen molar-refractivity contribution in [2.24, 2.45) is 23.5 Å². The predicted octanol–water partition coefficient (Wildman–Crippen LogP) is 3.26. The Labute approximate surface area is 113 Å². The Morgan fingerprint density at radius 3 is 2.61 bits per heavy atom. The number of rotatable bonds is 3. The highest BCUT2D eigenvalue weighted by Crippen LogP contribution is 2.32. The van der Waals surface area contributed by atoms with Crippen LogP contribution in [0.25, 0.3) is 0 Å². The van der Waals surface area contributed by atoms with Crippen LogP contribution in [0.15, 0.2) is 0 Å². The number of piperidine rings is 1. The number of nitrogens with two attached hydrogens (primary N) is 1. The minimum absolute atomic E-state index is 0.767. The Balaban J connectivity index is 1.85. The fourth-order valence-corrected chi connectivity index (χ4v) is 3.96. The van der Waals surface area contributed by atoms with Crippen LogP contribution in [0.3, 0.4) is 0 Å². The lowest BCUT2D eigenvalue weighted by atomic mass is 9.89. The zero-order valence-corrected chi connectivity index (χ0v) is 12.4. The van der Waals surface area contributed by atoms with Gasteiger partial charge in [-0.15, -0.1) is 0 Å². The summed E-state index contributed by atoms with van der Waals surface area (Å²) in [4.78, 5) is 2.77. The molecule has 2 nitrogen and oxygen atoms in total. The molecule has 1 aliphatic carbocycles. The largest absolute Gasteiger partial charge is 0.330 e. The van der Waals surface area contributed by atoms with Crippen LogP contribution in [-0.2, 0) is 0 Å². The fourth-order valence-electron chi connectivity index (χ4n) is 3.96. The standard InChI is InChI=1S/C16H32N2/c1-13(2)15-6-3-7-16(9-8-15)18-10-4-5-14(11-17)12-18/h13-16H,3-12,17H2,1-2H3. The Morgan fingerprint density at radius 2 is 1.89 bits per heavy atom. The van der Waals surface area contributed by atoms with Crippen molar-refractivity contribution in [3.05, 3.63) is 0 Å². The third-order valence-electron chi connectivity index (χ3n) is 5.33. The van der Waals surface area contributed by atoms with Gasteiger partial charge < -0.3 is 10.6 Å². The Morgan fingerprint density at radius 1 is 1.06 bits per heavy atom. The number of hydrogen-bond acceptors (Lipinski definition) is 2. The van der Waals surface area contributed by atoms with Crippen LogP contribution in [0.2, 0.25) is 0 Å². The lowest BCUT2D eigenvalue weighted by Crippen LogP contribution is -2.44. The van der Waals surface area contributed by atoms with E-state index in [0.717, 1.165) is 30.3 Å². The first-order chi connectivity index (χ1) is 8.70. The van der Waals surface area contributed by atoms with Crippen molar-refractivity contribution < 1.29 is 0 Å². The van der Waals surface area contributed by atoms with Gasteiger partial charge in [-0.2, -0.15) is 0 Å². The van der Waals surface area contributed by atoms with Gasteiger partial charge in [0, 0.05) is 12.6 Å². The van der Waals surface area contributed by atoms with E-state index in [1.807, 2.05) is 0 Å². The molecule has 106 valence electrons. The SMILES string of the molecule is CC(C)C1CCCC(N2CCCC(CN)C2)CC1. The average Bonchev–Trinajstić information content (AvgIpc) is 2.64. The number of likely N-dealkylation sites (tertiary alicyclic amines) is 1. The van der Waals surface area contributed by atoms with Gasteiger partial charge in [0.25, 0.3) is 0 Å². The molecule has 3 unspecified atom stereocenters. The molecule has 0 aromatic rings. The van der Waals surface area contributed by atoms with E-state index in [1.54, 1.807) is 0 Å². The van der Waals surface area contributed by atoms with Crippen LogP contribution >= 0.6 is 0 Å². The fraction of sp³-hybridized carbons (Fsp3) is 1.00. The first kappa shape index (κ1) is 14.3. The van der Waals surface area contributed by atoms with Crippen molar-refractivity contribution in [3.8, 4) is 0 Å². The second kappa shape index (κ2) is 6.91. The van der Waals surface area contributed by atoms with Crippen molar-refractivity contribution in [1.29, 1.82) is 0 Å². The van der Waals surface area contributed by atoms with Crippen LogP contribution in [0, 0.1) is 17.8 Å². The summed E-state index contributed by atoms with van der Waals surface area (Å²) in [6.07, 6.45) is 9.94. The maximum absolute atomic E-state index is 5.86. The van der Waals surface area contributed by atoms with Crippen LogP contribution in [0.4, 0.5) is 0 Å². The summed E-state index contributed by atoms with van der Waals surface area (Å²) >= 11 is 0. The highest BCUT2D eigenvalue weighted by molar-refractivity contribution is 4.83. The molecular formula is C16H32N2. The van der Waals surface area contributed by atoms with Crippen molar-refractivity contribution in [3.63, 3.8) is 0 Å². The van der Waals surface area contributed by atoms with Crippen molar-refractivity contribution in [1.82, 2.24) is 4.90 Å². The molecule has 2 fully saturated rings. The minimum Gasteiger partial charge on any atom is -0.330 e. The molecular weight excluding hydrogens is 220 g/mol. The van der Waals surface area contributed by atoms with Gasteiger partial charge in [0.05, 0.1) is 0 Å². The molecule has 0 radical (unpaired) electrons. The normalized spacial score (nSPS) is 35.7. The van der Waals surface area contributed by atoms with Crippen LogP contribution in [0.1, 0.15) is 58.8 Å². The minimum atomic E-state index is 0.767. The molecule has 0 aromatic carbocycles. The molecule has 18 heavy (non-hydrogen) atoms. The van der Waals surface area contributed by atoms with Gasteiger partial charge in [-0.25, -0.2) is 0 Å². The molecule has 1 aliphatic heterocycles. The third-order valence-corrected chi connectivity index (χ3v) is 5.33. The Hall–Kier alpha value is -0.0800. The maximum atomic E-state index is 5.86. The second-order valence-corrected chi connectivity index (χ2v) is 6.91. The molecule has 1 saturated heterocycles. The van der Waals surface area contributed by atoms with Crippen LogP contribution in [0.5, 0.6) is 0 Å². The predicted molar refractivity (Wildman–Crippen MR) is 78.6 cm³/mol. The summed E-state index contributed by atoms with van der Waals surface area (Å²) in [6, 6.07) is 0.864. The van der Waals surface area contributed by atoms with Crippen LogP contribution < -0.4 is 5.73 Å². The van der Waals surface area contributed by atoms with E-state index in [4.69, 9.17) is 5.73 Å². The van der Waals surface area contributed by atoms with E-state index in [9.17, 15) is 0 Å². The molecule has 2 rings (SSSR count). The lowest BCUT2D eigenvalue weighted by Gasteiger charge is -2.38. The molecule has 0 spiro atoms. The van der Waals surface area contributed by atoms with Crippen molar-refractivity contribution in [2.45, 2.75) is 64.8 Å². The molecule has 1 saturated carbocycles. The second-order valence-electron chi connectivity index (χ2n) is 6.91. The summed E-state index contributed by atoms with van der Waals surface area (Å²) in [5, 5.41) is 0.